The second kappa shape index (κ2) is 6.30. The van der Waals surface area contributed by atoms with Crippen molar-refractivity contribution >= 4 is 5.78 Å². The molecule has 0 aliphatic rings. The lowest BCUT2D eigenvalue weighted by Crippen LogP contribution is -2.00. The zero-order chi connectivity index (χ0) is 10.2. The van der Waals surface area contributed by atoms with Crippen molar-refractivity contribution < 1.29 is 9.18 Å². The van der Waals surface area contributed by atoms with Crippen molar-refractivity contribution in [1.29, 1.82) is 0 Å². The summed E-state index contributed by atoms with van der Waals surface area (Å²) in [5, 5.41) is 0. The van der Waals surface area contributed by atoms with Gasteiger partial charge in [0, 0.05) is 12.8 Å². The van der Waals surface area contributed by atoms with Gasteiger partial charge < -0.3 is 0 Å². The number of aryl methyl sites for hydroxylation is 1. The lowest BCUT2D eigenvalue weighted by molar-refractivity contribution is -0.119. The van der Waals surface area contributed by atoms with Crippen LogP contribution in [0.1, 0.15) is 24.8 Å². The van der Waals surface area contributed by atoms with Crippen molar-refractivity contribution in [3.63, 3.8) is 0 Å². The first-order chi connectivity index (χ1) is 6.83. The first-order valence-corrected chi connectivity index (χ1v) is 4.94. The minimum atomic E-state index is -0.392. The van der Waals surface area contributed by atoms with Gasteiger partial charge in [-0.3, -0.25) is 9.18 Å². The third kappa shape index (κ3) is 4.17. The fourth-order valence-corrected chi connectivity index (χ4v) is 1.32. The highest BCUT2D eigenvalue weighted by molar-refractivity contribution is 5.78. The molecule has 0 atom stereocenters. The summed E-state index contributed by atoms with van der Waals surface area (Å²) in [5.74, 6) is 0.159. The van der Waals surface area contributed by atoms with Crippen molar-refractivity contribution in [3.8, 4) is 0 Å². The number of carbonyl (C=O) groups is 1. The van der Waals surface area contributed by atoms with Gasteiger partial charge in [0.15, 0.2) is 0 Å². The van der Waals surface area contributed by atoms with Crippen molar-refractivity contribution in [2.45, 2.75) is 25.7 Å². The standard InChI is InChI=1S/C12H15FO/c13-10-4-7-12(14)9-8-11-5-2-1-3-6-11/h1-3,5-6H,4,7-10H2. The highest BCUT2D eigenvalue weighted by atomic mass is 19.1. The second-order valence-electron chi connectivity index (χ2n) is 3.32. The molecule has 0 aromatic heterocycles. The first-order valence-electron chi connectivity index (χ1n) is 4.94. The molecule has 0 aliphatic heterocycles. The second-order valence-corrected chi connectivity index (χ2v) is 3.32. The molecule has 0 amide bonds. The van der Waals surface area contributed by atoms with Gasteiger partial charge in [0.05, 0.1) is 6.67 Å². The van der Waals surface area contributed by atoms with Crippen molar-refractivity contribution in [3.05, 3.63) is 35.9 Å². The maximum absolute atomic E-state index is 11.8. The molecule has 0 bridgehead atoms. The van der Waals surface area contributed by atoms with Crippen LogP contribution in [0, 0.1) is 0 Å². The van der Waals surface area contributed by atoms with E-state index in [1.54, 1.807) is 0 Å². The van der Waals surface area contributed by atoms with Crippen molar-refractivity contribution in [2.75, 3.05) is 6.67 Å². The lowest BCUT2D eigenvalue weighted by Gasteiger charge is -1.99. The summed E-state index contributed by atoms with van der Waals surface area (Å²) in [7, 11) is 0. The minimum Gasteiger partial charge on any atom is -0.300 e. The van der Waals surface area contributed by atoms with E-state index in [1.165, 1.54) is 5.56 Å². The van der Waals surface area contributed by atoms with Crippen LogP contribution in [0.5, 0.6) is 0 Å². The number of hydrogen-bond donors (Lipinski definition) is 0. The summed E-state index contributed by atoms with van der Waals surface area (Å²) in [5.41, 5.74) is 1.17. The SMILES string of the molecule is O=C(CCCF)CCc1ccccc1. The van der Waals surface area contributed by atoms with Gasteiger partial charge >= 0.3 is 0 Å². The number of carbonyl (C=O) groups excluding carboxylic acids is 1. The van der Waals surface area contributed by atoms with E-state index in [4.69, 9.17) is 0 Å². The van der Waals surface area contributed by atoms with Crippen LogP contribution in [-0.2, 0) is 11.2 Å². The Bertz CT molecular complexity index is 269. The van der Waals surface area contributed by atoms with Gasteiger partial charge in [-0.1, -0.05) is 30.3 Å². The predicted octanol–water partition coefficient (Wildman–Crippen LogP) is 2.94. The maximum atomic E-state index is 11.8. The summed E-state index contributed by atoms with van der Waals surface area (Å²) in [6.45, 7) is -0.392. The van der Waals surface area contributed by atoms with Gasteiger partial charge in [0.1, 0.15) is 5.78 Å². The molecule has 1 aromatic rings. The molecular weight excluding hydrogens is 179 g/mol. The summed E-state index contributed by atoms with van der Waals surface area (Å²) in [6.07, 6.45) is 2.05. The third-order valence-corrected chi connectivity index (χ3v) is 2.12. The van der Waals surface area contributed by atoms with Gasteiger partial charge in [-0.15, -0.1) is 0 Å². The summed E-state index contributed by atoms with van der Waals surface area (Å²) >= 11 is 0. The van der Waals surface area contributed by atoms with Crippen LogP contribution in [0.25, 0.3) is 0 Å². The Morgan fingerprint density at radius 2 is 1.86 bits per heavy atom. The topological polar surface area (TPSA) is 17.1 Å². The zero-order valence-electron chi connectivity index (χ0n) is 8.21. The Labute approximate surface area is 83.9 Å². The molecular formula is C12H15FO. The number of rotatable bonds is 6. The van der Waals surface area contributed by atoms with E-state index in [0.717, 1.165) is 6.42 Å². The van der Waals surface area contributed by atoms with Crippen LogP contribution < -0.4 is 0 Å². The van der Waals surface area contributed by atoms with Gasteiger partial charge in [-0.05, 0) is 18.4 Å². The molecule has 0 radical (unpaired) electrons. The molecule has 1 aromatic carbocycles. The quantitative estimate of drug-likeness (QED) is 0.680. The monoisotopic (exact) mass is 194 g/mol. The average molecular weight is 194 g/mol. The molecule has 0 unspecified atom stereocenters. The van der Waals surface area contributed by atoms with Crippen LogP contribution in [0.2, 0.25) is 0 Å². The highest BCUT2D eigenvalue weighted by Crippen LogP contribution is 2.05. The molecule has 0 heterocycles. The Hall–Kier alpha value is -1.18. The molecule has 0 N–H and O–H groups in total. The Kier molecular flexibility index (Phi) is 4.90. The minimum absolute atomic E-state index is 0.159. The van der Waals surface area contributed by atoms with Gasteiger partial charge in [-0.25, -0.2) is 0 Å². The van der Waals surface area contributed by atoms with Crippen LogP contribution in [0.3, 0.4) is 0 Å². The average Bonchev–Trinajstić information content (AvgIpc) is 2.25. The van der Waals surface area contributed by atoms with E-state index in [-0.39, 0.29) is 5.78 Å². The fraction of sp³-hybridized carbons (Fsp3) is 0.417. The van der Waals surface area contributed by atoms with Crippen LogP contribution in [-0.4, -0.2) is 12.5 Å². The number of halogens is 1. The molecule has 0 saturated carbocycles. The van der Waals surface area contributed by atoms with Gasteiger partial charge in [0.25, 0.3) is 0 Å². The van der Waals surface area contributed by atoms with E-state index in [9.17, 15) is 9.18 Å². The normalized spacial score (nSPS) is 10.1. The first kappa shape index (κ1) is 10.9. The molecule has 76 valence electrons. The summed E-state index contributed by atoms with van der Waals surface area (Å²) in [4.78, 5) is 11.2. The van der Waals surface area contributed by atoms with Crippen LogP contribution in [0.4, 0.5) is 4.39 Å². The number of Topliss-reactive ketones (excluding diaryl/α,β-unsaturated/α-hetero) is 1. The molecule has 1 rings (SSSR count). The molecule has 2 heteroatoms. The van der Waals surface area contributed by atoms with Gasteiger partial charge in [0.2, 0.25) is 0 Å². The number of hydrogen-bond acceptors (Lipinski definition) is 1. The Morgan fingerprint density at radius 1 is 1.14 bits per heavy atom. The lowest BCUT2D eigenvalue weighted by atomic mass is 10.1. The van der Waals surface area contributed by atoms with Crippen molar-refractivity contribution in [2.24, 2.45) is 0 Å². The molecule has 0 spiro atoms. The van der Waals surface area contributed by atoms with Crippen LogP contribution >= 0.6 is 0 Å². The summed E-state index contributed by atoms with van der Waals surface area (Å²) < 4.78 is 11.8. The number of alkyl halides is 1. The van der Waals surface area contributed by atoms with E-state index >= 15 is 0 Å². The van der Waals surface area contributed by atoms with E-state index in [2.05, 4.69) is 0 Å². The molecule has 14 heavy (non-hydrogen) atoms. The Morgan fingerprint density at radius 3 is 2.50 bits per heavy atom. The maximum Gasteiger partial charge on any atom is 0.133 e. The highest BCUT2D eigenvalue weighted by Gasteiger charge is 2.01. The van der Waals surface area contributed by atoms with E-state index in [0.29, 0.717) is 19.3 Å². The molecule has 0 aliphatic carbocycles. The summed E-state index contributed by atoms with van der Waals surface area (Å²) in [6, 6.07) is 9.88. The van der Waals surface area contributed by atoms with E-state index < -0.39 is 6.67 Å². The smallest absolute Gasteiger partial charge is 0.133 e. The van der Waals surface area contributed by atoms with E-state index in [1.807, 2.05) is 30.3 Å². The molecule has 1 nitrogen and oxygen atoms in total. The fourth-order valence-electron chi connectivity index (χ4n) is 1.32. The Balaban J connectivity index is 2.24. The van der Waals surface area contributed by atoms with Crippen molar-refractivity contribution in [1.82, 2.24) is 0 Å². The zero-order valence-corrected chi connectivity index (χ0v) is 8.21. The molecule has 0 fully saturated rings. The number of ketones is 1. The predicted molar refractivity (Wildman–Crippen MR) is 55.0 cm³/mol. The third-order valence-electron chi connectivity index (χ3n) is 2.12. The number of benzene rings is 1. The van der Waals surface area contributed by atoms with Crippen LogP contribution in [0.15, 0.2) is 30.3 Å². The largest absolute Gasteiger partial charge is 0.300 e. The molecule has 0 saturated heterocycles. The van der Waals surface area contributed by atoms with Gasteiger partial charge in [-0.2, -0.15) is 0 Å².